The zero-order valence-corrected chi connectivity index (χ0v) is 15.3. The largest absolute Gasteiger partial charge is 0.469 e. The lowest BCUT2D eigenvalue weighted by Gasteiger charge is -2.16. The summed E-state index contributed by atoms with van der Waals surface area (Å²) in [7, 11) is 1.43. The topological polar surface area (TPSA) is 26.3 Å². The number of carbonyl (C=O) groups excluding carboxylic acids is 1. The Bertz CT molecular complexity index is 382. The van der Waals surface area contributed by atoms with Crippen LogP contribution in [0.4, 0.5) is 0 Å². The van der Waals surface area contributed by atoms with Crippen LogP contribution in [0.5, 0.6) is 0 Å². The van der Waals surface area contributed by atoms with Gasteiger partial charge < -0.3 is 4.74 Å². The van der Waals surface area contributed by atoms with Crippen LogP contribution in [-0.2, 0) is 9.53 Å². The molecule has 0 saturated carbocycles. The Kier molecular flexibility index (Phi) is 16.3. The van der Waals surface area contributed by atoms with E-state index >= 15 is 0 Å². The second-order valence-electron chi connectivity index (χ2n) is 4.93. The van der Waals surface area contributed by atoms with E-state index in [-0.39, 0.29) is 5.97 Å². The van der Waals surface area contributed by atoms with Gasteiger partial charge in [0.25, 0.3) is 0 Å². The molecular formula is C20H34O2. The lowest BCUT2D eigenvalue weighted by atomic mass is 9.91. The predicted molar refractivity (Wildman–Crippen MR) is 97.0 cm³/mol. The van der Waals surface area contributed by atoms with E-state index in [9.17, 15) is 4.79 Å². The van der Waals surface area contributed by atoms with Crippen molar-refractivity contribution in [3.8, 4) is 0 Å². The van der Waals surface area contributed by atoms with Crippen molar-refractivity contribution in [3.63, 3.8) is 0 Å². The SMILES string of the molecule is C=C(CC)C(CCC)CC(=O)OC.CC.Cc1ccccc1. The predicted octanol–water partition coefficient (Wildman–Crippen LogP) is 5.95. The number of carbonyl (C=O) groups is 1. The quantitative estimate of drug-likeness (QED) is 0.479. The summed E-state index contributed by atoms with van der Waals surface area (Å²) >= 11 is 0. The van der Waals surface area contributed by atoms with Crippen LogP contribution >= 0.6 is 0 Å². The molecule has 1 unspecified atom stereocenters. The number of aryl methyl sites for hydroxylation is 1. The molecule has 0 aliphatic carbocycles. The van der Waals surface area contributed by atoms with Crippen LogP contribution in [0.15, 0.2) is 42.5 Å². The summed E-state index contributed by atoms with van der Waals surface area (Å²) in [5, 5.41) is 0. The second-order valence-corrected chi connectivity index (χ2v) is 4.93. The number of esters is 1. The number of hydrogen-bond acceptors (Lipinski definition) is 2. The lowest BCUT2D eigenvalue weighted by molar-refractivity contribution is -0.141. The Labute approximate surface area is 137 Å². The number of methoxy groups -OCH3 is 1. The van der Waals surface area contributed by atoms with Gasteiger partial charge in [0.2, 0.25) is 0 Å². The molecule has 1 aromatic carbocycles. The van der Waals surface area contributed by atoms with E-state index in [2.05, 4.69) is 44.2 Å². The number of rotatable bonds is 6. The van der Waals surface area contributed by atoms with Gasteiger partial charge in [0.05, 0.1) is 13.5 Å². The molecular weight excluding hydrogens is 272 g/mol. The molecule has 0 bridgehead atoms. The van der Waals surface area contributed by atoms with Gasteiger partial charge >= 0.3 is 5.97 Å². The highest BCUT2D eigenvalue weighted by Gasteiger charge is 2.15. The Hall–Kier alpha value is -1.57. The van der Waals surface area contributed by atoms with E-state index < -0.39 is 0 Å². The summed E-state index contributed by atoms with van der Waals surface area (Å²) < 4.78 is 4.64. The highest BCUT2D eigenvalue weighted by Crippen LogP contribution is 2.22. The van der Waals surface area contributed by atoms with Crippen molar-refractivity contribution in [2.75, 3.05) is 7.11 Å². The fourth-order valence-electron chi connectivity index (χ4n) is 1.91. The second kappa shape index (κ2) is 15.8. The van der Waals surface area contributed by atoms with E-state index in [4.69, 9.17) is 0 Å². The average molecular weight is 306 g/mol. The normalized spacial score (nSPS) is 10.3. The molecule has 2 heteroatoms. The van der Waals surface area contributed by atoms with Gasteiger partial charge in [0.1, 0.15) is 0 Å². The molecule has 0 radical (unpaired) electrons. The van der Waals surface area contributed by atoms with E-state index in [1.165, 1.54) is 12.7 Å². The third-order valence-corrected chi connectivity index (χ3v) is 3.25. The van der Waals surface area contributed by atoms with Gasteiger partial charge in [-0.25, -0.2) is 0 Å². The Balaban J connectivity index is 0. The van der Waals surface area contributed by atoms with Gasteiger partial charge in [-0.2, -0.15) is 0 Å². The van der Waals surface area contributed by atoms with Gasteiger partial charge in [-0.1, -0.05) is 82.2 Å². The molecule has 0 aromatic heterocycles. The summed E-state index contributed by atoms with van der Waals surface area (Å²) in [6.45, 7) is 14.2. The van der Waals surface area contributed by atoms with Gasteiger partial charge in [-0.15, -0.1) is 0 Å². The third kappa shape index (κ3) is 12.2. The third-order valence-electron chi connectivity index (χ3n) is 3.25. The fourth-order valence-corrected chi connectivity index (χ4v) is 1.91. The first-order valence-corrected chi connectivity index (χ1v) is 8.31. The van der Waals surface area contributed by atoms with Crippen LogP contribution in [0.1, 0.15) is 58.9 Å². The summed E-state index contributed by atoms with van der Waals surface area (Å²) in [5.41, 5.74) is 2.48. The maximum atomic E-state index is 11.1. The van der Waals surface area contributed by atoms with Gasteiger partial charge in [-0.05, 0) is 25.7 Å². The zero-order valence-electron chi connectivity index (χ0n) is 15.3. The molecule has 0 fully saturated rings. The first kappa shape index (κ1) is 22.7. The Morgan fingerprint density at radius 3 is 2.05 bits per heavy atom. The standard InChI is InChI=1S/C11H20O2.C7H8.C2H6/c1-5-7-10(9(3)6-2)8-11(12)13-4;1-7-5-3-2-4-6-7;1-2/h10H,3,5-8H2,1-2,4H3;2-6H,1H3;1-2H3. The van der Waals surface area contributed by atoms with Crippen molar-refractivity contribution < 1.29 is 9.53 Å². The molecule has 1 atom stereocenters. The van der Waals surface area contributed by atoms with Crippen LogP contribution in [-0.4, -0.2) is 13.1 Å². The summed E-state index contributed by atoms with van der Waals surface area (Å²) in [5.74, 6) is 0.176. The van der Waals surface area contributed by atoms with Crippen molar-refractivity contribution in [2.24, 2.45) is 5.92 Å². The van der Waals surface area contributed by atoms with Crippen LogP contribution in [0, 0.1) is 12.8 Å². The number of ether oxygens (including phenoxy) is 1. The Morgan fingerprint density at radius 1 is 1.18 bits per heavy atom. The minimum absolute atomic E-state index is 0.131. The molecule has 0 heterocycles. The minimum atomic E-state index is -0.131. The molecule has 0 N–H and O–H groups in total. The maximum absolute atomic E-state index is 11.1. The molecule has 0 saturated heterocycles. The first-order chi connectivity index (χ1) is 10.5. The van der Waals surface area contributed by atoms with Crippen LogP contribution < -0.4 is 0 Å². The maximum Gasteiger partial charge on any atom is 0.306 e. The van der Waals surface area contributed by atoms with Crippen molar-refractivity contribution >= 4 is 5.97 Å². The van der Waals surface area contributed by atoms with Crippen molar-refractivity contribution in [1.29, 1.82) is 0 Å². The number of allylic oxidation sites excluding steroid dienone is 1. The molecule has 22 heavy (non-hydrogen) atoms. The van der Waals surface area contributed by atoms with E-state index in [1.54, 1.807) is 0 Å². The smallest absolute Gasteiger partial charge is 0.306 e. The van der Waals surface area contributed by atoms with Gasteiger partial charge in [0, 0.05) is 0 Å². The molecule has 126 valence electrons. The molecule has 0 spiro atoms. The zero-order chi connectivity index (χ0) is 17.4. The number of benzene rings is 1. The van der Waals surface area contributed by atoms with Crippen molar-refractivity contribution in [2.45, 2.75) is 60.3 Å². The molecule has 0 amide bonds. The molecule has 0 aliphatic heterocycles. The summed E-state index contributed by atoms with van der Waals surface area (Å²) in [4.78, 5) is 11.1. The molecule has 1 aromatic rings. The first-order valence-electron chi connectivity index (χ1n) is 8.31. The van der Waals surface area contributed by atoms with Gasteiger partial charge in [-0.3, -0.25) is 4.79 Å². The van der Waals surface area contributed by atoms with E-state index in [1.807, 2.05) is 32.0 Å². The summed E-state index contributed by atoms with van der Waals surface area (Å²) in [6, 6.07) is 10.3. The summed E-state index contributed by atoms with van der Waals surface area (Å²) in [6.07, 6.45) is 3.54. The van der Waals surface area contributed by atoms with E-state index in [0.29, 0.717) is 12.3 Å². The minimum Gasteiger partial charge on any atom is -0.469 e. The highest BCUT2D eigenvalue weighted by atomic mass is 16.5. The number of hydrogen-bond donors (Lipinski definition) is 0. The van der Waals surface area contributed by atoms with Gasteiger partial charge in [0.15, 0.2) is 0 Å². The van der Waals surface area contributed by atoms with Crippen LogP contribution in [0.3, 0.4) is 0 Å². The van der Waals surface area contributed by atoms with Crippen LogP contribution in [0.2, 0.25) is 0 Å². The fraction of sp³-hybridized carbons (Fsp3) is 0.550. The van der Waals surface area contributed by atoms with E-state index in [0.717, 1.165) is 24.8 Å². The molecule has 0 aliphatic rings. The molecule has 1 rings (SSSR count). The van der Waals surface area contributed by atoms with Crippen LogP contribution in [0.25, 0.3) is 0 Å². The van der Waals surface area contributed by atoms with Crippen molar-refractivity contribution in [1.82, 2.24) is 0 Å². The Morgan fingerprint density at radius 2 is 1.73 bits per heavy atom. The van der Waals surface area contributed by atoms with Crippen molar-refractivity contribution in [3.05, 3.63) is 48.0 Å². The average Bonchev–Trinajstić information content (AvgIpc) is 2.56. The molecule has 2 nitrogen and oxygen atoms in total. The highest BCUT2D eigenvalue weighted by molar-refractivity contribution is 5.69. The lowest BCUT2D eigenvalue weighted by Crippen LogP contribution is -2.11. The monoisotopic (exact) mass is 306 g/mol.